The van der Waals surface area contributed by atoms with Gasteiger partial charge < -0.3 is 4.74 Å². The summed E-state index contributed by atoms with van der Waals surface area (Å²) in [7, 11) is 0. The Labute approximate surface area is 125 Å². The minimum Gasteiger partial charge on any atom is -0.484 e. The largest absolute Gasteiger partial charge is 0.484 e. The van der Waals surface area contributed by atoms with Gasteiger partial charge in [-0.2, -0.15) is 4.98 Å². The van der Waals surface area contributed by atoms with Crippen LogP contribution in [0.15, 0.2) is 30.3 Å². The normalized spacial score (nSPS) is 10.8. The molecule has 21 heavy (non-hydrogen) atoms. The van der Waals surface area contributed by atoms with Gasteiger partial charge in [0.25, 0.3) is 11.9 Å². The first-order valence-corrected chi connectivity index (χ1v) is 7.25. The number of anilines is 1. The topological polar surface area (TPSA) is 68.5 Å². The van der Waals surface area contributed by atoms with Gasteiger partial charge in [-0.15, -0.1) is 5.10 Å². The van der Waals surface area contributed by atoms with Crippen molar-refractivity contribution >= 4 is 28.2 Å². The average Bonchev–Trinajstić information content (AvgIpc) is 2.98. The third-order valence-corrected chi connectivity index (χ3v) is 4.06. The predicted molar refractivity (Wildman–Crippen MR) is 80.9 cm³/mol. The molecule has 0 aliphatic rings. The first-order valence-electron chi connectivity index (χ1n) is 6.44. The van der Waals surface area contributed by atoms with Crippen molar-refractivity contribution in [2.45, 2.75) is 13.8 Å². The third-order valence-electron chi connectivity index (χ3n) is 3.01. The van der Waals surface area contributed by atoms with E-state index in [1.807, 2.05) is 32.0 Å². The van der Waals surface area contributed by atoms with Gasteiger partial charge in [0.1, 0.15) is 5.75 Å². The molecular weight excluding hydrogens is 288 g/mol. The van der Waals surface area contributed by atoms with E-state index in [0.717, 1.165) is 15.5 Å². The zero-order chi connectivity index (χ0) is 14.8. The van der Waals surface area contributed by atoms with E-state index in [0.29, 0.717) is 11.7 Å². The highest BCUT2D eigenvalue weighted by molar-refractivity contribution is 7.17. The smallest absolute Gasteiger partial charge is 0.264 e. The number of fused-ring (bicyclic) bond motifs is 1. The van der Waals surface area contributed by atoms with E-state index in [9.17, 15) is 4.79 Å². The highest BCUT2D eigenvalue weighted by Crippen LogP contribution is 2.21. The molecule has 1 amide bonds. The molecule has 2 heterocycles. The molecule has 0 aliphatic heterocycles. The van der Waals surface area contributed by atoms with Gasteiger partial charge in [0, 0.05) is 4.88 Å². The lowest BCUT2D eigenvalue weighted by Gasteiger charge is -2.04. The third kappa shape index (κ3) is 2.87. The molecular formula is C14H14N4O2S. The molecule has 0 saturated heterocycles. The number of aromatic nitrogens is 3. The van der Waals surface area contributed by atoms with Gasteiger partial charge in [-0.05, 0) is 26.0 Å². The molecule has 0 radical (unpaired) electrons. The lowest BCUT2D eigenvalue weighted by atomic mass is 10.3. The van der Waals surface area contributed by atoms with E-state index in [2.05, 4.69) is 15.4 Å². The number of nitrogens with one attached hydrogen (secondary N) is 1. The second-order valence-corrected chi connectivity index (χ2v) is 5.70. The van der Waals surface area contributed by atoms with Crippen molar-refractivity contribution in [2.75, 3.05) is 11.9 Å². The monoisotopic (exact) mass is 302 g/mol. The van der Waals surface area contributed by atoms with Crippen LogP contribution in [-0.4, -0.2) is 27.1 Å². The fourth-order valence-corrected chi connectivity index (χ4v) is 2.73. The Morgan fingerprint density at radius 1 is 1.33 bits per heavy atom. The number of hydrogen-bond acceptors (Lipinski definition) is 5. The maximum atomic E-state index is 11.8. The molecule has 1 aromatic carbocycles. The van der Waals surface area contributed by atoms with Crippen molar-refractivity contribution in [3.8, 4) is 5.75 Å². The number of hydrogen-bond donors (Lipinski definition) is 1. The number of ether oxygens (including phenoxy) is 1. The van der Waals surface area contributed by atoms with Crippen molar-refractivity contribution in [2.24, 2.45) is 0 Å². The fraction of sp³-hybridized carbons (Fsp3) is 0.214. The van der Waals surface area contributed by atoms with Crippen molar-refractivity contribution in [1.82, 2.24) is 14.6 Å². The quantitative estimate of drug-likeness (QED) is 0.803. The molecule has 3 rings (SSSR count). The van der Waals surface area contributed by atoms with Gasteiger partial charge in [-0.25, -0.2) is 4.52 Å². The Morgan fingerprint density at radius 2 is 2.10 bits per heavy atom. The van der Waals surface area contributed by atoms with Gasteiger partial charge in [-0.1, -0.05) is 29.5 Å². The molecule has 0 bridgehead atoms. The number of amides is 1. The van der Waals surface area contributed by atoms with Crippen molar-refractivity contribution in [3.05, 3.63) is 40.9 Å². The minimum atomic E-state index is -0.286. The van der Waals surface area contributed by atoms with E-state index in [1.54, 1.807) is 28.0 Å². The Balaban J connectivity index is 1.63. The zero-order valence-corrected chi connectivity index (χ0v) is 12.5. The van der Waals surface area contributed by atoms with Crippen LogP contribution in [0.25, 0.3) is 4.96 Å². The van der Waals surface area contributed by atoms with Gasteiger partial charge >= 0.3 is 0 Å². The van der Waals surface area contributed by atoms with Crippen LogP contribution in [0.5, 0.6) is 5.75 Å². The van der Waals surface area contributed by atoms with Crippen LogP contribution in [0, 0.1) is 13.8 Å². The second kappa shape index (κ2) is 5.53. The minimum absolute atomic E-state index is 0.0745. The van der Waals surface area contributed by atoms with Crippen molar-refractivity contribution in [1.29, 1.82) is 0 Å². The molecule has 3 aromatic rings. The maximum absolute atomic E-state index is 11.8. The highest BCUT2D eigenvalue weighted by Gasteiger charge is 2.12. The maximum Gasteiger partial charge on any atom is 0.264 e. The van der Waals surface area contributed by atoms with Gasteiger partial charge in [0.05, 0.1) is 5.69 Å². The van der Waals surface area contributed by atoms with E-state index >= 15 is 0 Å². The number of benzene rings is 1. The number of para-hydroxylation sites is 1. The molecule has 108 valence electrons. The van der Waals surface area contributed by atoms with E-state index in [4.69, 9.17) is 4.74 Å². The molecule has 6 nitrogen and oxygen atoms in total. The first kappa shape index (κ1) is 13.6. The SMILES string of the molecule is Cc1sc2nc(NC(=O)COc3ccccc3)nn2c1C. The Morgan fingerprint density at radius 3 is 2.81 bits per heavy atom. The van der Waals surface area contributed by atoms with Crippen LogP contribution >= 0.6 is 11.3 Å². The molecule has 2 aromatic heterocycles. The fourth-order valence-electron chi connectivity index (χ4n) is 1.82. The van der Waals surface area contributed by atoms with Gasteiger partial charge in [0.15, 0.2) is 6.61 Å². The number of carbonyl (C=O) groups is 1. The lowest BCUT2D eigenvalue weighted by molar-refractivity contribution is -0.118. The van der Waals surface area contributed by atoms with Gasteiger partial charge in [-0.3, -0.25) is 10.1 Å². The molecule has 0 spiro atoms. The summed E-state index contributed by atoms with van der Waals surface area (Å²) in [5.74, 6) is 0.662. The number of aryl methyl sites for hydroxylation is 2. The zero-order valence-electron chi connectivity index (χ0n) is 11.7. The number of carbonyl (C=O) groups excluding carboxylic acids is 1. The summed E-state index contributed by atoms with van der Waals surface area (Å²) in [4.78, 5) is 18.0. The molecule has 7 heteroatoms. The average molecular weight is 302 g/mol. The van der Waals surface area contributed by atoms with Crippen LogP contribution in [-0.2, 0) is 4.79 Å². The van der Waals surface area contributed by atoms with Crippen molar-refractivity contribution < 1.29 is 9.53 Å². The van der Waals surface area contributed by atoms with E-state index < -0.39 is 0 Å². The first-order chi connectivity index (χ1) is 10.1. The predicted octanol–water partition coefficient (Wildman–Crippen LogP) is 2.43. The number of nitrogens with zero attached hydrogens (tertiary/aromatic N) is 3. The number of thiazole rings is 1. The van der Waals surface area contributed by atoms with E-state index in [-0.39, 0.29) is 12.5 Å². The Hall–Kier alpha value is -2.41. The molecule has 1 N–H and O–H groups in total. The molecule has 0 saturated carbocycles. The summed E-state index contributed by atoms with van der Waals surface area (Å²) in [6.07, 6.45) is 0. The van der Waals surface area contributed by atoms with Crippen LogP contribution in [0.4, 0.5) is 5.95 Å². The molecule has 0 unspecified atom stereocenters. The summed E-state index contributed by atoms with van der Waals surface area (Å²) >= 11 is 1.54. The van der Waals surface area contributed by atoms with Gasteiger partial charge in [0.2, 0.25) is 4.96 Å². The van der Waals surface area contributed by atoms with Crippen LogP contribution in [0.2, 0.25) is 0 Å². The number of rotatable bonds is 4. The van der Waals surface area contributed by atoms with Crippen LogP contribution in [0.1, 0.15) is 10.6 Å². The Kier molecular flexibility index (Phi) is 3.57. The van der Waals surface area contributed by atoms with Crippen LogP contribution in [0.3, 0.4) is 0 Å². The summed E-state index contributed by atoms with van der Waals surface area (Å²) in [6.45, 7) is 3.91. The standard InChI is InChI=1S/C14H14N4O2S/c1-9-10(2)21-14-16-13(17-18(9)14)15-12(19)8-20-11-6-4-3-5-7-11/h3-7H,8H2,1-2H3,(H,15,17,19). The van der Waals surface area contributed by atoms with E-state index in [1.165, 1.54) is 0 Å². The van der Waals surface area contributed by atoms with Crippen LogP contribution < -0.4 is 10.1 Å². The molecule has 0 aliphatic carbocycles. The molecule has 0 atom stereocenters. The molecule has 0 fully saturated rings. The van der Waals surface area contributed by atoms with Crippen molar-refractivity contribution in [3.63, 3.8) is 0 Å². The summed E-state index contributed by atoms with van der Waals surface area (Å²) in [5.41, 5.74) is 1.03. The Bertz CT molecular complexity index is 779. The summed E-state index contributed by atoms with van der Waals surface area (Å²) in [6, 6.07) is 9.18. The lowest BCUT2D eigenvalue weighted by Crippen LogP contribution is -2.20. The second-order valence-electron chi connectivity index (χ2n) is 4.52. The highest BCUT2D eigenvalue weighted by atomic mass is 32.1. The summed E-state index contributed by atoms with van der Waals surface area (Å²) < 4.78 is 7.10. The summed E-state index contributed by atoms with van der Waals surface area (Å²) in [5, 5.41) is 6.89.